The van der Waals surface area contributed by atoms with Crippen molar-refractivity contribution in [1.82, 2.24) is 10.2 Å². The summed E-state index contributed by atoms with van der Waals surface area (Å²) in [5, 5.41) is 5.64. The molecule has 0 unspecified atom stereocenters. The number of likely N-dealkylation sites (tertiary alicyclic amines) is 1. The summed E-state index contributed by atoms with van der Waals surface area (Å²) < 4.78 is 5.34. The maximum absolute atomic E-state index is 13.5. The number of amides is 3. The third-order valence-corrected chi connectivity index (χ3v) is 5.94. The first-order chi connectivity index (χ1) is 14.1. The molecule has 1 aromatic carbocycles. The molecular weight excluding hydrogens is 384 g/mol. The van der Waals surface area contributed by atoms with Crippen molar-refractivity contribution in [2.24, 2.45) is 5.92 Å². The number of para-hydroxylation sites is 1. The van der Waals surface area contributed by atoms with Gasteiger partial charge >= 0.3 is 12.3 Å². The van der Waals surface area contributed by atoms with Crippen molar-refractivity contribution < 1.29 is 19.1 Å². The lowest BCUT2D eigenvalue weighted by Gasteiger charge is -2.26. The number of alkyl carbamates (subject to hydrolysis) is 1. The summed E-state index contributed by atoms with van der Waals surface area (Å²) in [7, 11) is 0. The van der Waals surface area contributed by atoms with Gasteiger partial charge in [0.25, 0.3) is 12.5 Å². The molecule has 3 amide bonds. The topological polar surface area (TPSA) is 92.1 Å². The number of ether oxygens (including phenoxy) is 1. The van der Waals surface area contributed by atoms with Gasteiger partial charge in [-0.05, 0) is 51.2 Å². The molecule has 1 aliphatic carbocycles. The van der Waals surface area contributed by atoms with E-state index in [0.717, 1.165) is 24.1 Å². The van der Waals surface area contributed by atoms with Crippen LogP contribution in [-0.4, -0.2) is 47.2 Å². The van der Waals surface area contributed by atoms with E-state index in [2.05, 4.69) is 15.5 Å². The Hall–Kier alpha value is -3.08. The maximum atomic E-state index is 13.5. The first kappa shape index (κ1) is 20.2. The van der Waals surface area contributed by atoms with E-state index in [-0.39, 0.29) is 24.3 Å². The van der Waals surface area contributed by atoms with E-state index in [1.165, 1.54) is 4.90 Å². The molecule has 1 saturated heterocycles. The number of anilines is 1. The van der Waals surface area contributed by atoms with Crippen LogP contribution in [-0.2, 0) is 19.7 Å². The van der Waals surface area contributed by atoms with Crippen molar-refractivity contribution in [1.29, 1.82) is 0 Å². The summed E-state index contributed by atoms with van der Waals surface area (Å²) in [6, 6.07) is 6.74. The number of benzene rings is 1. The van der Waals surface area contributed by atoms with E-state index in [9.17, 15) is 14.4 Å². The molecule has 0 bridgehead atoms. The molecule has 3 aliphatic rings. The average molecular weight is 411 g/mol. The van der Waals surface area contributed by atoms with Gasteiger partial charge in [-0.15, -0.1) is 0 Å². The standard InChI is InChI=1S/C22H26N4O4/c1-21(2,3)30-20(29)25-17(13-9-10-13)18(27)26-12-22(11-16(26)23-4)14-7-5-6-8-15(14)24-19(22)28/h4-8,13,16-17H,9-12H2,1-3H3,(H-,24,25,28,29)/p+1/t16-,17-,22-/m0/s1. The molecule has 2 heterocycles. The number of fused-ring (bicyclic) bond motifs is 2. The molecule has 158 valence electrons. The van der Waals surface area contributed by atoms with Gasteiger partial charge < -0.3 is 15.4 Å². The molecule has 3 atom stereocenters. The van der Waals surface area contributed by atoms with Crippen LogP contribution in [0.5, 0.6) is 0 Å². The Morgan fingerprint density at radius 2 is 2.03 bits per heavy atom. The molecule has 1 saturated carbocycles. The summed E-state index contributed by atoms with van der Waals surface area (Å²) in [5.41, 5.74) is 0.0414. The maximum Gasteiger partial charge on any atom is 0.408 e. The smallest absolute Gasteiger partial charge is 0.408 e. The first-order valence-electron chi connectivity index (χ1n) is 10.3. The fourth-order valence-corrected chi connectivity index (χ4v) is 4.40. The zero-order chi connectivity index (χ0) is 21.7. The lowest BCUT2D eigenvalue weighted by molar-refractivity contribution is -0.134. The van der Waals surface area contributed by atoms with Gasteiger partial charge in [-0.25, -0.2) is 4.79 Å². The molecule has 30 heavy (non-hydrogen) atoms. The van der Waals surface area contributed by atoms with E-state index in [4.69, 9.17) is 11.3 Å². The SMILES string of the molecule is C#[N+][C@@H]1C[C@@]2(CN1C(=O)[C@@H](NC(=O)OC(C)(C)C)C1CC1)C(=O)Nc1ccccc12. The van der Waals surface area contributed by atoms with Crippen LogP contribution < -0.4 is 10.6 Å². The van der Waals surface area contributed by atoms with Gasteiger partial charge in [0.15, 0.2) is 0 Å². The molecule has 4 rings (SSSR count). The Bertz CT molecular complexity index is 943. The monoisotopic (exact) mass is 411 g/mol. The Morgan fingerprint density at radius 3 is 2.67 bits per heavy atom. The molecule has 8 nitrogen and oxygen atoms in total. The zero-order valence-electron chi connectivity index (χ0n) is 17.5. The quantitative estimate of drug-likeness (QED) is 0.800. The molecule has 8 heteroatoms. The van der Waals surface area contributed by atoms with Gasteiger partial charge in [-0.1, -0.05) is 23.0 Å². The molecular formula is C22H27N4O4+. The van der Waals surface area contributed by atoms with Crippen LogP contribution in [0.4, 0.5) is 10.5 Å². The van der Waals surface area contributed by atoms with Crippen molar-refractivity contribution in [3.63, 3.8) is 0 Å². The Kier molecular flexibility index (Phi) is 4.72. The molecule has 2 aliphatic heterocycles. The van der Waals surface area contributed by atoms with Gasteiger partial charge in [0, 0.05) is 12.2 Å². The summed E-state index contributed by atoms with van der Waals surface area (Å²) in [6.45, 7) is 11.1. The number of hydrogen-bond acceptors (Lipinski definition) is 4. The van der Waals surface area contributed by atoms with Crippen LogP contribution in [0.3, 0.4) is 0 Å². The van der Waals surface area contributed by atoms with Crippen molar-refractivity contribution in [3.8, 4) is 6.57 Å². The van der Waals surface area contributed by atoms with E-state index in [1.807, 2.05) is 24.3 Å². The highest BCUT2D eigenvalue weighted by Crippen LogP contribution is 2.47. The van der Waals surface area contributed by atoms with Crippen molar-refractivity contribution in [3.05, 3.63) is 34.7 Å². The van der Waals surface area contributed by atoms with E-state index in [0.29, 0.717) is 6.42 Å². The minimum atomic E-state index is -0.889. The van der Waals surface area contributed by atoms with Crippen LogP contribution in [0.2, 0.25) is 0 Å². The molecule has 2 fully saturated rings. The van der Waals surface area contributed by atoms with Gasteiger partial charge in [0.1, 0.15) is 17.1 Å². The van der Waals surface area contributed by atoms with Gasteiger partial charge in [0.05, 0.1) is 6.42 Å². The molecule has 0 aromatic heterocycles. The number of hydrogen-bond donors (Lipinski definition) is 2. The van der Waals surface area contributed by atoms with Crippen molar-refractivity contribution >= 4 is 23.6 Å². The van der Waals surface area contributed by atoms with Crippen LogP contribution >= 0.6 is 0 Å². The second-order valence-corrected chi connectivity index (χ2v) is 9.34. The van der Waals surface area contributed by atoms with E-state index >= 15 is 0 Å². The summed E-state index contributed by atoms with van der Waals surface area (Å²) in [6.07, 6.45) is 0.725. The first-order valence-corrected chi connectivity index (χ1v) is 10.3. The van der Waals surface area contributed by atoms with Crippen LogP contribution in [0, 0.1) is 12.5 Å². The highest BCUT2D eigenvalue weighted by Gasteiger charge is 2.60. The largest absolute Gasteiger partial charge is 0.444 e. The normalized spacial score (nSPS) is 26.0. The van der Waals surface area contributed by atoms with Crippen LogP contribution in [0.1, 0.15) is 45.6 Å². The number of nitrogens with zero attached hydrogens (tertiary/aromatic N) is 2. The van der Waals surface area contributed by atoms with Crippen molar-refractivity contribution in [2.45, 2.75) is 63.3 Å². The van der Waals surface area contributed by atoms with E-state index < -0.39 is 29.3 Å². The zero-order valence-corrected chi connectivity index (χ0v) is 17.5. The Balaban J connectivity index is 1.58. The second-order valence-electron chi connectivity index (χ2n) is 9.34. The van der Waals surface area contributed by atoms with Crippen LogP contribution in [0.15, 0.2) is 24.3 Å². The highest BCUT2D eigenvalue weighted by molar-refractivity contribution is 6.07. The average Bonchev–Trinajstić information content (AvgIpc) is 3.38. The number of carbonyl (C=O) groups excluding carboxylic acids is 3. The van der Waals surface area contributed by atoms with Gasteiger partial charge in [-0.3, -0.25) is 14.5 Å². The van der Waals surface area contributed by atoms with Crippen molar-refractivity contribution in [2.75, 3.05) is 11.9 Å². The minimum absolute atomic E-state index is 0.0460. The lowest BCUT2D eigenvalue weighted by atomic mass is 9.80. The fourth-order valence-electron chi connectivity index (χ4n) is 4.40. The fraction of sp³-hybridized carbons (Fsp3) is 0.545. The number of rotatable bonds is 3. The lowest BCUT2D eigenvalue weighted by Crippen LogP contribution is -2.52. The third kappa shape index (κ3) is 3.49. The second kappa shape index (κ2) is 7.01. The summed E-state index contributed by atoms with van der Waals surface area (Å²) in [5.74, 6) is -0.392. The van der Waals surface area contributed by atoms with Gasteiger partial charge in [0.2, 0.25) is 5.91 Å². The predicted octanol–water partition coefficient (Wildman–Crippen LogP) is 2.70. The Morgan fingerprint density at radius 1 is 1.33 bits per heavy atom. The number of nitrogens with one attached hydrogen (secondary N) is 2. The Labute approximate surface area is 175 Å². The highest BCUT2D eigenvalue weighted by atomic mass is 16.6. The molecule has 1 aromatic rings. The van der Waals surface area contributed by atoms with Gasteiger partial charge in [-0.2, -0.15) is 0 Å². The van der Waals surface area contributed by atoms with E-state index in [1.54, 1.807) is 20.8 Å². The van der Waals surface area contributed by atoms with Crippen LogP contribution in [0.25, 0.3) is 4.85 Å². The third-order valence-electron chi connectivity index (χ3n) is 5.94. The minimum Gasteiger partial charge on any atom is -0.444 e. The molecule has 0 radical (unpaired) electrons. The molecule has 1 spiro atoms. The summed E-state index contributed by atoms with van der Waals surface area (Å²) in [4.78, 5) is 44.1. The summed E-state index contributed by atoms with van der Waals surface area (Å²) >= 11 is 0. The molecule has 2 N–H and O–H groups in total. The number of carbonyl (C=O) groups is 3. The predicted molar refractivity (Wildman–Crippen MR) is 111 cm³/mol.